The molecule has 0 aromatic carbocycles. The Hall–Kier alpha value is -1.65. The molecule has 0 spiro atoms. The van der Waals surface area contributed by atoms with Crippen LogP contribution in [0, 0.1) is 44.8 Å². The topological polar surface area (TPSA) is 275 Å². The number of rotatable bonds is 8. The molecule has 8 aliphatic rings. The van der Waals surface area contributed by atoms with E-state index in [0.29, 0.717) is 38.0 Å². The average molecular weight is 897 g/mol. The van der Waals surface area contributed by atoms with E-state index >= 15 is 0 Å². The van der Waals surface area contributed by atoms with Crippen molar-refractivity contribution >= 4 is 5.97 Å². The zero-order chi connectivity index (χ0) is 45.8. The van der Waals surface area contributed by atoms with Crippen LogP contribution in [0.1, 0.15) is 98.8 Å². The van der Waals surface area contributed by atoms with Crippen LogP contribution in [0.4, 0.5) is 0 Å². The molecule has 0 aromatic heterocycles. The van der Waals surface area contributed by atoms with Gasteiger partial charge in [0.25, 0.3) is 0 Å². The van der Waals surface area contributed by atoms with E-state index in [9.17, 15) is 55.9 Å². The number of ether oxygens (including phenoxy) is 6. The lowest BCUT2D eigenvalue weighted by Crippen LogP contribution is -2.66. The molecule has 0 aromatic rings. The summed E-state index contributed by atoms with van der Waals surface area (Å²) in [6, 6.07) is 0. The highest BCUT2D eigenvalue weighted by Crippen LogP contribution is 2.75. The zero-order valence-corrected chi connectivity index (χ0v) is 37.2. The standard InChI is InChI=1S/C46H72O17/c1-21-9-14-46(41(57)63-40-35(55)33(53)31(51)26(19-48)60-40)16-15-44(5)22(23(46)17-21)7-8-28-43(4)12-11-29(42(2,3)27(43)10-13-45(28,44)6)61-38-36(56)37(24(49)20-58-38)62-39-34(54)32(52)30(50)25(18-47)59-39/h7,23-40,47-56H,1,8-20H2,2-6H3/t23-,24-,25-,26-,27-,28+,29+,30-,31+,32+,33+,34+,35-,36+,37+,38+,39+,40-,43-,44+,45-,46-/m0/s1. The van der Waals surface area contributed by atoms with Crippen LogP contribution >= 0.6 is 0 Å². The molecule has 8 rings (SSSR count). The van der Waals surface area contributed by atoms with Crippen molar-refractivity contribution in [2.75, 3.05) is 19.8 Å². The Morgan fingerprint density at radius 3 is 2.02 bits per heavy atom. The number of carbonyl (C=O) groups is 1. The second-order valence-electron chi connectivity index (χ2n) is 21.6. The molecule has 63 heavy (non-hydrogen) atoms. The van der Waals surface area contributed by atoms with Crippen LogP contribution in [-0.2, 0) is 33.2 Å². The smallest absolute Gasteiger partial charge is 0.315 e. The number of allylic oxidation sites excluding steroid dienone is 3. The number of fused-ring (bicyclic) bond motifs is 7. The van der Waals surface area contributed by atoms with Gasteiger partial charge in [-0.3, -0.25) is 4.79 Å². The summed E-state index contributed by atoms with van der Waals surface area (Å²) in [7, 11) is 0. The van der Waals surface area contributed by atoms with E-state index in [2.05, 4.69) is 47.3 Å². The SMILES string of the molecule is C=C1CC[C@]2(C(=O)O[C@@H]3O[C@@H](CO)[C@@H](O)[C@@H](O)[C@@H]3O)CC[C@]3(C)C(=CC[C@@H]4[C@@]5(C)CC[C@@H](O[C@H]6OC[C@H](O)[C@@H](O[C@H]7O[C@@H](CO)[C@H](O)[C@@H](O)[C@H]7O)[C@H]6O)C(C)(C)[C@@H]5CC[C@@]43C)[C@@H]2C1. The predicted octanol–water partition coefficient (Wildman–Crippen LogP) is 0.310. The summed E-state index contributed by atoms with van der Waals surface area (Å²) >= 11 is 0. The van der Waals surface area contributed by atoms with E-state index in [1.54, 1.807) is 0 Å². The monoisotopic (exact) mass is 896 g/mol. The van der Waals surface area contributed by atoms with Crippen molar-refractivity contribution in [2.45, 2.75) is 191 Å². The summed E-state index contributed by atoms with van der Waals surface area (Å²) in [4.78, 5) is 14.5. The Balaban J connectivity index is 0.996. The van der Waals surface area contributed by atoms with Gasteiger partial charge in [-0.2, -0.15) is 0 Å². The molecule has 3 heterocycles. The van der Waals surface area contributed by atoms with Gasteiger partial charge >= 0.3 is 5.97 Å². The summed E-state index contributed by atoms with van der Waals surface area (Å²) in [6.45, 7) is 14.5. The molecule has 10 N–H and O–H groups in total. The summed E-state index contributed by atoms with van der Waals surface area (Å²) in [6.07, 6.45) is -11.5. The number of aliphatic hydroxyl groups is 10. The molecule has 5 aliphatic carbocycles. The Bertz CT molecular complexity index is 1740. The molecule has 17 heteroatoms. The van der Waals surface area contributed by atoms with Gasteiger partial charge in [0.15, 0.2) is 12.6 Å². The summed E-state index contributed by atoms with van der Waals surface area (Å²) in [5, 5.41) is 104. The van der Waals surface area contributed by atoms with Gasteiger partial charge in [-0.25, -0.2) is 0 Å². The Labute approximate surface area is 369 Å². The van der Waals surface area contributed by atoms with Crippen molar-refractivity contribution in [3.63, 3.8) is 0 Å². The lowest BCUT2D eigenvalue weighted by Gasteiger charge is -2.71. The van der Waals surface area contributed by atoms with Gasteiger partial charge in [0, 0.05) is 5.92 Å². The summed E-state index contributed by atoms with van der Waals surface area (Å²) in [5.41, 5.74) is 0.530. The van der Waals surface area contributed by atoms with Crippen molar-refractivity contribution in [1.29, 1.82) is 0 Å². The normalized spacial score (nSPS) is 53.3. The third-order valence-electron chi connectivity index (χ3n) is 18.3. The first-order valence-corrected chi connectivity index (χ1v) is 23.1. The second-order valence-corrected chi connectivity index (χ2v) is 21.6. The molecule has 0 radical (unpaired) electrons. The predicted molar refractivity (Wildman–Crippen MR) is 220 cm³/mol. The highest BCUT2D eigenvalue weighted by Gasteiger charge is 2.69. The highest BCUT2D eigenvalue weighted by molar-refractivity contribution is 5.79. The third kappa shape index (κ3) is 7.43. The fraction of sp³-hybridized carbons (Fsp3) is 0.891. The lowest BCUT2D eigenvalue weighted by atomic mass is 9.34. The van der Waals surface area contributed by atoms with E-state index in [4.69, 9.17) is 28.4 Å². The molecule has 0 amide bonds. The van der Waals surface area contributed by atoms with Crippen molar-refractivity contribution in [3.8, 4) is 0 Å². The lowest BCUT2D eigenvalue weighted by molar-refractivity contribution is -0.357. The van der Waals surface area contributed by atoms with Gasteiger partial charge in [0.2, 0.25) is 6.29 Å². The molecule has 0 unspecified atom stereocenters. The zero-order valence-electron chi connectivity index (χ0n) is 37.2. The van der Waals surface area contributed by atoms with Crippen LogP contribution in [0.25, 0.3) is 0 Å². The van der Waals surface area contributed by atoms with Crippen molar-refractivity contribution in [3.05, 3.63) is 23.8 Å². The van der Waals surface area contributed by atoms with E-state index in [-0.39, 0.29) is 46.2 Å². The molecule has 7 fully saturated rings. The molecule has 17 nitrogen and oxygen atoms in total. The Kier molecular flexibility index (Phi) is 13.0. The fourth-order valence-electron chi connectivity index (χ4n) is 14.3. The number of hydrogen-bond donors (Lipinski definition) is 10. The molecule has 0 bridgehead atoms. The minimum absolute atomic E-state index is 0.106. The van der Waals surface area contributed by atoms with Crippen LogP contribution in [-0.4, -0.2) is 169 Å². The molecule has 22 atom stereocenters. The molecular formula is C46H72O17. The van der Waals surface area contributed by atoms with Gasteiger partial charge in [0.1, 0.15) is 67.1 Å². The van der Waals surface area contributed by atoms with Crippen molar-refractivity contribution in [2.24, 2.45) is 44.8 Å². The molecule has 3 saturated heterocycles. The highest BCUT2D eigenvalue weighted by atomic mass is 16.7. The van der Waals surface area contributed by atoms with Crippen LogP contribution in [0.5, 0.6) is 0 Å². The van der Waals surface area contributed by atoms with Gasteiger partial charge in [0.05, 0.1) is 31.3 Å². The summed E-state index contributed by atoms with van der Waals surface area (Å²) < 4.78 is 35.4. The Morgan fingerprint density at radius 1 is 0.730 bits per heavy atom. The minimum Gasteiger partial charge on any atom is -0.432 e. The second kappa shape index (κ2) is 17.1. The number of aliphatic hydroxyl groups excluding tert-OH is 10. The van der Waals surface area contributed by atoms with E-state index in [1.165, 1.54) is 5.57 Å². The first kappa shape index (κ1) is 47.8. The first-order valence-electron chi connectivity index (χ1n) is 23.1. The van der Waals surface area contributed by atoms with Gasteiger partial charge in [-0.1, -0.05) is 58.4 Å². The van der Waals surface area contributed by atoms with E-state index in [1.807, 2.05) is 0 Å². The molecule has 3 aliphatic heterocycles. The maximum absolute atomic E-state index is 14.5. The third-order valence-corrected chi connectivity index (χ3v) is 18.3. The number of carbonyl (C=O) groups excluding carboxylic acids is 1. The van der Waals surface area contributed by atoms with Crippen LogP contribution < -0.4 is 0 Å². The number of hydrogen-bond acceptors (Lipinski definition) is 17. The maximum Gasteiger partial charge on any atom is 0.315 e. The van der Waals surface area contributed by atoms with Gasteiger partial charge in [-0.05, 0) is 97.7 Å². The van der Waals surface area contributed by atoms with Crippen molar-refractivity contribution < 1.29 is 84.3 Å². The van der Waals surface area contributed by atoms with Crippen LogP contribution in [0.2, 0.25) is 0 Å². The van der Waals surface area contributed by atoms with Crippen molar-refractivity contribution in [1.82, 2.24) is 0 Å². The van der Waals surface area contributed by atoms with Crippen LogP contribution in [0.3, 0.4) is 0 Å². The fourth-order valence-corrected chi connectivity index (χ4v) is 14.3. The van der Waals surface area contributed by atoms with Gasteiger partial charge in [-0.15, -0.1) is 0 Å². The quantitative estimate of drug-likeness (QED) is 0.0892. The maximum atomic E-state index is 14.5. The van der Waals surface area contributed by atoms with Crippen LogP contribution in [0.15, 0.2) is 23.8 Å². The van der Waals surface area contributed by atoms with E-state index in [0.717, 1.165) is 37.7 Å². The van der Waals surface area contributed by atoms with E-state index < -0.39 is 111 Å². The van der Waals surface area contributed by atoms with Gasteiger partial charge < -0.3 is 79.5 Å². The minimum atomic E-state index is -1.72. The molecule has 358 valence electrons. The summed E-state index contributed by atoms with van der Waals surface area (Å²) in [5.74, 6) is -0.184. The number of esters is 1. The Morgan fingerprint density at radius 2 is 1.37 bits per heavy atom. The average Bonchev–Trinajstić information content (AvgIpc) is 3.24. The first-order chi connectivity index (χ1) is 29.6. The molecule has 4 saturated carbocycles. The largest absolute Gasteiger partial charge is 0.432 e. The molecular weight excluding hydrogens is 824 g/mol.